The van der Waals surface area contributed by atoms with Gasteiger partial charge in [0.05, 0.1) is 5.56 Å². The molecule has 0 bridgehead atoms. The average molecular weight is 195 g/mol. The fourth-order valence-corrected chi connectivity index (χ4v) is 1.80. The van der Waals surface area contributed by atoms with Crippen LogP contribution in [0.4, 0.5) is 13.2 Å². The van der Waals surface area contributed by atoms with Gasteiger partial charge in [0.15, 0.2) is 0 Å². The molecule has 0 atom stereocenters. The van der Waals surface area contributed by atoms with Crippen molar-refractivity contribution in [2.45, 2.75) is 12.7 Å². The third-order valence-corrected chi connectivity index (χ3v) is 2.31. The minimum atomic E-state index is -4.22. The van der Waals surface area contributed by atoms with Crippen LogP contribution in [-0.2, 0) is 12.7 Å². The van der Waals surface area contributed by atoms with Crippen molar-refractivity contribution < 1.29 is 13.2 Å². The van der Waals surface area contributed by atoms with Gasteiger partial charge in [-0.15, -0.1) is 11.3 Å². The van der Waals surface area contributed by atoms with E-state index in [1.807, 2.05) is 0 Å². The van der Waals surface area contributed by atoms with E-state index in [2.05, 4.69) is 5.32 Å². The molecule has 1 heterocycles. The first-order chi connectivity index (χ1) is 5.55. The molecule has 0 unspecified atom stereocenters. The summed E-state index contributed by atoms with van der Waals surface area (Å²) >= 11 is 1.12. The van der Waals surface area contributed by atoms with Crippen molar-refractivity contribution in [1.29, 1.82) is 0 Å². The van der Waals surface area contributed by atoms with Crippen LogP contribution in [0, 0.1) is 0 Å². The van der Waals surface area contributed by atoms with Gasteiger partial charge in [0.2, 0.25) is 0 Å². The van der Waals surface area contributed by atoms with E-state index in [4.69, 9.17) is 0 Å². The highest BCUT2D eigenvalue weighted by Crippen LogP contribution is 2.34. The Morgan fingerprint density at radius 1 is 1.50 bits per heavy atom. The molecule has 0 aliphatic heterocycles. The Bertz CT molecular complexity index is 253. The van der Waals surface area contributed by atoms with Gasteiger partial charge < -0.3 is 5.32 Å². The van der Waals surface area contributed by atoms with Crippen molar-refractivity contribution in [1.82, 2.24) is 5.32 Å². The zero-order valence-corrected chi connectivity index (χ0v) is 7.22. The molecular formula is C7H8F3NS. The van der Waals surface area contributed by atoms with Crippen LogP contribution >= 0.6 is 11.3 Å². The van der Waals surface area contributed by atoms with Crippen LogP contribution in [0.2, 0.25) is 0 Å². The molecule has 0 saturated carbocycles. The van der Waals surface area contributed by atoms with Crippen molar-refractivity contribution >= 4 is 11.3 Å². The predicted octanol–water partition coefficient (Wildman–Crippen LogP) is 2.49. The van der Waals surface area contributed by atoms with Crippen LogP contribution in [0.15, 0.2) is 11.4 Å². The lowest BCUT2D eigenvalue weighted by Crippen LogP contribution is -2.11. The van der Waals surface area contributed by atoms with Crippen LogP contribution in [-0.4, -0.2) is 7.05 Å². The Morgan fingerprint density at radius 2 is 2.17 bits per heavy atom. The maximum absolute atomic E-state index is 12.2. The molecule has 0 amide bonds. The van der Waals surface area contributed by atoms with Crippen molar-refractivity contribution in [3.8, 4) is 0 Å². The lowest BCUT2D eigenvalue weighted by molar-refractivity contribution is -0.137. The largest absolute Gasteiger partial charge is 0.417 e. The highest BCUT2D eigenvalue weighted by molar-refractivity contribution is 7.10. The van der Waals surface area contributed by atoms with E-state index < -0.39 is 11.7 Å². The molecular weight excluding hydrogens is 187 g/mol. The highest BCUT2D eigenvalue weighted by Gasteiger charge is 2.33. The standard InChI is InChI=1S/C7H8F3NS/c1-11-4-6-5(2-3-12-6)7(8,9)10/h2-3,11H,4H2,1H3. The summed E-state index contributed by atoms with van der Waals surface area (Å²) < 4.78 is 36.6. The first-order valence-electron chi connectivity index (χ1n) is 3.34. The summed E-state index contributed by atoms with van der Waals surface area (Å²) in [5.74, 6) is 0. The SMILES string of the molecule is CNCc1sccc1C(F)(F)F. The molecule has 0 radical (unpaired) electrons. The number of hydrogen-bond donors (Lipinski definition) is 1. The molecule has 1 rings (SSSR count). The fourth-order valence-electron chi connectivity index (χ4n) is 0.891. The molecule has 0 aliphatic rings. The van der Waals surface area contributed by atoms with E-state index in [1.54, 1.807) is 7.05 Å². The molecule has 0 aliphatic carbocycles. The van der Waals surface area contributed by atoms with Gasteiger partial charge in [-0.1, -0.05) is 0 Å². The summed E-state index contributed by atoms with van der Waals surface area (Å²) in [4.78, 5) is 0.338. The molecule has 1 nitrogen and oxygen atoms in total. The van der Waals surface area contributed by atoms with Crippen LogP contribution < -0.4 is 5.32 Å². The number of nitrogens with one attached hydrogen (secondary N) is 1. The van der Waals surface area contributed by atoms with Crippen molar-refractivity contribution in [3.05, 3.63) is 21.9 Å². The number of alkyl halides is 3. The highest BCUT2D eigenvalue weighted by atomic mass is 32.1. The van der Waals surface area contributed by atoms with Crippen molar-refractivity contribution in [2.24, 2.45) is 0 Å². The molecule has 1 aromatic rings. The second-order valence-corrected chi connectivity index (χ2v) is 3.29. The lowest BCUT2D eigenvalue weighted by Gasteiger charge is -2.06. The monoisotopic (exact) mass is 195 g/mol. The molecule has 1 aromatic heterocycles. The van der Waals surface area contributed by atoms with Gasteiger partial charge in [0.1, 0.15) is 0 Å². The summed E-state index contributed by atoms with van der Waals surface area (Å²) in [5.41, 5.74) is -0.526. The minimum absolute atomic E-state index is 0.270. The van der Waals surface area contributed by atoms with Gasteiger partial charge in [-0.2, -0.15) is 13.2 Å². The Kier molecular flexibility index (Phi) is 2.74. The normalized spacial score (nSPS) is 12.0. The van der Waals surface area contributed by atoms with Gasteiger partial charge in [-0.05, 0) is 18.5 Å². The number of hydrogen-bond acceptors (Lipinski definition) is 2. The van der Waals surface area contributed by atoms with Gasteiger partial charge in [-0.25, -0.2) is 0 Å². The van der Waals surface area contributed by atoms with Crippen LogP contribution in [0.1, 0.15) is 10.4 Å². The lowest BCUT2D eigenvalue weighted by atomic mass is 10.2. The van der Waals surface area contributed by atoms with Crippen LogP contribution in [0.3, 0.4) is 0 Å². The fraction of sp³-hybridized carbons (Fsp3) is 0.429. The maximum Gasteiger partial charge on any atom is 0.417 e. The molecule has 68 valence electrons. The Morgan fingerprint density at radius 3 is 2.67 bits per heavy atom. The van der Waals surface area contributed by atoms with Gasteiger partial charge >= 0.3 is 6.18 Å². The molecule has 1 N–H and O–H groups in total. The summed E-state index contributed by atoms with van der Waals surface area (Å²) in [5, 5.41) is 4.15. The van der Waals surface area contributed by atoms with Gasteiger partial charge in [0, 0.05) is 11.4 Å². The second-order valence-electron chi connectivity index (χ2n) is 2.29. The first-order valence-corrected chi connectivity index (χ1v) is 4.22. The minimum Gasteiger partial charge on any atom is -0.315 e. The van der Waals surface area contributed by atoms with Crippen molar-refractivity contribution in [3.63, 3.8) is 0 Å². The summed E-state index contributed by atoms with van der Waals surface area (Å²) in [6.45, 7) is 0.270. The van der Waals surface area contributed by atoms with E-state index in [9.17, 15) is 13.2 Å². The predicted molar refractivity (Wildman–Crippen MR) is 42.1 cm³/mol. The van der Waals surface area contributed by atoms with Crippen LogP contribution in [0.25, 0.3) is 0 Å². The average Bonchev–Trinajstić information content (AvgIpc) is 2.34. The molecule has 0 fully saturated rings. The van der Waals surface area contributed by atoms with E-state index in [1.165, 1.54) is 5.38 Å². The quantitative estimate of drug-likeness (QED) is 0.764. The molecule has 0 spiro atoms. The smallest absolute Gasteiger partial charge is 0.315 e. The zero-order chi connectivity index (χ0) is 9.19. The van der Waals surface area contributed by atoms with Gasteiger partial charge in [-0.3, -0.25) is 0 Å². The maximum atomic E-state index is 12.2. The Hall–Kier alpha value is -0.550. The van der Waals surface area contributed by atoms with Crippen LogP contribution in [0.5, 0.6) is 0 Å². The molecule has 12 heavy (non-hydrogen) atoms. The number of halogens is 3. The summed E-state index contributed by atoms with van der Waals surface area (Å²) in [6, 6.07) is 1.11. The van der Waals surface area contributed by atoms with E-state index >= 15 is 0 Å². The van der Waals surface area contributed by atoms with Crippen molar-refractivity contribution in [2.75, 3.05) is 7.05 Å². The molecule has 5 heteroatoms. The van der Waals surface area contributed by atoms with Gasteiger partial charge in [0.25, 0.3) is 0 Å². The van der Waals surface area contributed by atoms with E-state index in [0.29, 0.717) is 4.88 Å². The zero-order valence-electron chi connectivity index (χ0n) is 6.40. The van der Waals surface area contributed by atoms with E-state index in [0.717, 1.165) is 17.4 Å². The third-order valence-electron chi connectivity index (χ3n) is 1.39. The Labute approximate surface area is 72.2 Å². The summed E-state index contributed by atoms with van der Waals surface area (Å²) in [7, 11) is 1.62. The first kappa shape index (κ1) is 9.54. The Balaban J connectivity index is 2.91. The molecule has 0 aromatic carbocycles. The van der Waals surface area contributed by atoms with E-state index in [-0.39, 0.29) is 6.54 Å². The summed E-state index contributed by atoms with van der Waals surface area (Å²) in [6.07, 6.45) is -4.22. The topological polar surface area (TPSA) is 12.0 Å². The number of thiophene rings is 1. The third kappa shape index (κ3) is 1.98. The molecule has 0 saturated heterocycles. The second kappa shape index (κ2) is 3.45. The number of rotatable bonds is 2.